The van der Waals surface area contributed by atoms with E-state index in [9.17, 15) is 9.59 Å². The zero-order valence-corrected chi connectivity index (χ0v) is 9.06. The summed E-state index contributed by atoms with van der Waals surface area (Å²) >= 11 is 0. The van der Waals surface area contributed by atoms with Crippen molar-refractivity contribution in [2.24, 2.45) is 0 Å². The molecule has 6 heteroatoms. The minimum Gasteiger partial charge on any atom is -0.481 e. The number of hydrogen-bond donors (Lipinski definition) is 1. The van der Waals surface area contributed by atoms with Crippen LogP contribution in [0.25, 0.3) is 0 Å². The van der Waals surface area contributed by atoms with Gasteiger partial charge >= 0.3 is 5.97 Å². The molecule has 0 radical (unpaired) electrons. The van der Waals surface area contributed by atoms with Gasteiger partial charge in [-0.2, -0.15) is 0 Å². The van der Waals surface area contributed by atoms with Gasteiger partial charge in [0.1, 0.15) is 6.42 Å². The van der Waals surface area contributed by atoms with Crippen LogP contribution in [0.1, 0.15) is 6.42 Å². The van der Waals surface area contributed by atoms with Gasteiger partial charge in [0.2, 0.25) is 5.91 Å². The smallest absolute Gasteiger partial charge is 0.312 e. The van der Waals surface area contributed by atoms with Crippen molar-refractivity contribution in [1.29, 1.82) is 0 Å². The van der Waals surface area contributed by atoms with Gasteiger partial charge in [-0.15, -0.1) is 0 Å². The highest BCUT2D eigenvalue weighted by atomic mass is 16.5. The summed E-state index contributed by atoms with van der Waals surface area (Å²) in [4.78, 5) is 23.2. The summed E-state index contributed by atoms with van der Waals surface area (Å²) in [5.41, 5.74) is 0. The Bertz CT molecular complexity index is 199. The van der Waals surface area contributed by atoms with Gasteiger partial charge in [0.05, 0.1) is 13.2 Å². The molecule has 1 amide bonds. The maximum Gasteiger partial charge on any atom is 0.312 e. The van der Waals surface area contributed by atoms with Crippen molar-refractivity contribution in [3.05, 3.63) is 0 Å². The fourth-order valence-corrected chi connectivity index (χ4v) is 1.01. The minimum atomic E-state index is -1.13. The second-order valence-electron chi connectivity index (χ2n) is 2.94. The number of nitrogens with zero attached hydrogens (tertiary/aromatic N) is 1. The Morgan fingerprint density at radius 3 is 1.93 bits per heavy atom. The Kier molecular flexibility index (Phi) is 7.57. The predicted molar refractivity (Wildman–Crippen MR) is 52.6 cm³/mol. The summed E-state index contributed by atoms with van der Waals surface area (Å²) in [6, 6.07) is 0. The highest BCUT2D eigenvalue weighted by molar-refractivity contribution is 5.93. The lowest BCUT2D eigenvalue weighted by atomic mass is 10.3. The fraction of sp³-hybridized carbons (Fsp3) is 0.778. The van der Waals surface area contributed by atoms with Crippen LogP contribution in [0.4, 0.5) is 0 Å². The predicted octanol–water partition coefficient (Wildman–Crippen LogP) is -0.417. The van der Waals surface area contributed by atoms with E-state index in [0.29, 0.717) is 26.3 Å². The lowest BCUT2D eigenvalue weighted by molar-refractivity contribution is -0.144. The van der Waals surface area contributed by atoms with Crippen LogP contribution in [-0.4, -0.2) is 62.4 Å². The van der Waals surface area contributed by atoms with Gasteiger partial charge < -0.3 is 19.5 Å². The van der Waals surface area contributed by atoms with E-state index in [1.807, 2.05) is 0 Å². The van der Waals surface area contributed by atoms with Crippen LogP contribution in [0.15, 0.2) is 0 Å². The van der Waals surface area contributed by atoms with Gasteiger partial charge in [-0.1, -0.05) is 0 Å². The Morgan fingerprint density at radius 1 is 1.13 bits per heavy atom. The summed E-state index contributed by atoms with van der Waals surface area (Å²) in [5.74, 6) is -1.54. The molecule has 15 heavy (non-hydrogen) atoms. The molecule has 88 valence electrons. The Balaban J connectivity index is 4.07. The first kappa shape index (κ1) is 13.9. The summed E-state index contributed by atoms with van der Waals surface area (Å²) in [5, 5.41) is 8.47. The Labute approximate surface area is 88.8 Å². The topological polar surface area (TPSA) is 76.1 Å². The number of carbonyl (C=O) groups is 2. The summed E-state index contributed by atoms with van der Waals surface area (Å²) in [6.07, 6.45) is -0.493. The number of carbonyl (C=O) groups excluding carboxylic acids is 1. The molecule has 0 bridgehead atoms. The van der Waals surface area contributed by atoms with Crippen molar-refractivity contribution in [3.63, 3.8) is 0 Å². The van der Waals surface area contributed by atoms with Gasteiger partial charge in [0.15, 0.2) is 0 Å². The molecule has 6 nitrogen and oxygen atoms in total. The monoisotopic (exact) mass is 219 g/mol. The third-order valence-electron chi connectivity index (χ3n) is 1.79. The van der Waals surface area contributed by atoms with Crippen molar-refractivity contribution < 1.29 is 24.2 Å². The summed E-state index contributed by atoms with van der Waals surface area (Å²) < 4.78 is 9.65. The number of ether oxygens (including phenoxy) is 2. The Hall–Kier alpha value is -1.14. The molecule has 0 heterocycles. The molecule has 0 aliphatic carbocycles. The van der Waals surface area contributed by atoms with Crippen molar-refractivity contribution in [2.45, 2.75) is 6.42 Å². The fourth-order valence-electron chi connectivity index (χ4n) is 1.01. The van der Waals surface area contributed by atoms with Crippen molar-refractivity contribution in [2.75, 3.05) is 40.5 Å². The molecule has 0 aromatic heterocycles. The van der Waals surface area contributed by atoms with E-state index in [-0.39, 0.29) is 0 Å². The van der Waals surface area contributed by atoms with Crippen LogP contribution >= 0.6 is 0 Å². The minimum absolute atomic E-state index is 0.381. The van der Waals surface area contributed by atoms with Crippen LogP contribution in [0.2, 0.25) is 0 Å². The van der Waals surface area contributed by atoms with E-state index < -0.39 is 18.3 Å². The van der Waals surface area contributed by atoms with Crippen molar-refractivity contribution >= 4 is 11.9 Å². The van der Waals surface area contributed by atoms with Crippen LogP contribution in [0.3, 0.4) is 0 Å². The number of amides is 1. The first-order valence-corrected chi connectivity index (χ1v) is 4.59. The molecule has 0 unspecified atom stereocenters. The number of methoxy groups -OCH3 is 2. The summed E-state index contributed by atoms with van der Waals surface area (Å²) in [7, 11) is 3.05. The molecule has 0 rings (SSSR count). The number of carboxylic acids is 1. The molecule has 0 spiro atoms. The number of hydrogen-bond acceptors (Lipinski definition) is 4. The average Bonchev–Trinajstić information content (AvgIpc) is 2.17. The van der Waals surface area contributed by atoms with E-state index >= 15 is 0 Å². The SMILES string of the molecule is COCCN(CCOC)C(=O)CC(=O)O. The number of aliphatic carboxylic acids is 1. The van der Waals surface area contributed by atoms with Crippen LogP contribution in [0, 0.1) is 0 Å². The molecule has 0 aromatic rings. The molecule has 0 aliphatic heterocycles. The number of carboxylic acid groups (broad SMARTS) is 1. The maximum atomic E-state index is 11.4. The molecule has 0 saturated heterocycles. The molecular formula is C9H17NO5. The van der Waals surface area contributed by atoms with Gasteiger partial charge in [0.25, 0.3) is 0 Å². The van der Waals surface area contributed by atoms with Gasteiger partial charge in [-0.3, -0.25) is 9.59 Å². The Morgan fingerprint density at radius 2 is 1.60 bits per heavy atom. The highest BCUT2D eigenvalue weighted by Gasteiger charge is 2.15. The zero-order valence-electron chi connectivity index (χ0n) is 9.06. The normalized spacial score (nSPS) is 10.0. The number of rotatable bonds is 8. The quantitative estimate of drug-likeness (QED) is 0.561. The molecule has 0 saturated carbocycles. The molecular weight excluding hydrogens is 202 g/mol. The van der Waals surface area contributed by atoms with Gasteiger partial charge in [-0.05, 0) is 0 Å². The average molecular weight is 219 g/mol. The first-order chi connectivity index (χ1) is 7.11. The lowest BCUT2D eigenvalue weighted by Gasteiger charge is -2.21. The van der Waals surface area contributed by atoms with Crippen LogP contribution in [-0.2, 0) is 19.1 Å². The van der Waals surface area contributed by atoms with Gasteiger partial charge in [0, 0.05) is 27.3 Å². The van der Waals surface area contributed by atoms with E-state index in [0.717, 1.165) is 0 Å². The maximum absolute atomic E-state index is 11.4. The van der Waals surface area contributed by atoms with Crippen LogP contribution in [0.5, 0.6) is 0 Å². The first-order valence-electron chi connectivity index (χ1n) is 4.59. The van der Waals surface area contributed by atoms with Crippen molar-refractivity contribution in [1.82, 2.24) is 4.90 Å². The third-order valence-corrected chi connectivity index (χ3v) is 1.79. The molecule has 0 aromatic carbocycles. The van der Waals surface area contributed by atoms with E-state index in [2.05, 4.69) is 0 Å². The highest BCUT2D eigenvalue weighted by Crippen LogP contribution is 1.95. The summed E-state index contributed by atoms with van der Waals surface area (Å²) in [6.45, 7) is 1.53. The third kappa shape index (κ3) is 6.87. The van der Waals surface area contributed by atoms with E-state index in [1.165, 1.54) is 19.1 Å². The van der Waals surface area contributed by atoms with Gasteiger partial charge in [-0.25, -0.2) is 0 Å². The van der Waals surface area contributed by atoms with Crippen LogP contribution < -0.4 is 0 Å². The molecule has 0 atom stereocenters. The molecule has 0 fully saturated rings. The second kappa shape index (κ2) is 8.19. The molecule has 0 aliphatic rings. The zero-order chi connectivity index (χ0) is 11.7. The standard InChI is InChI=1S/C9H17NO5/c1-14-5-3-10(4-6-15-2)8(11)7-9(12)13/h3-7H2,1-2H3,(H,12,13). The van der Waals surface area contributed by atoms with Crippen molar-refractivity contribution in [3.8, 4) is 0 Å². The van der Waals surface area contributed by atoms with E-state index in [1.54, 1.807) is 0 Å². The molecule has 1 N–H and O–H groups in total. The largest absolute Gasteiger partial charge is 0.481 e. The van der Waals surface area contributed by atoms with E-state index in [4.69, 9.17) is 14.6 Å². The lowest BCUT2D eigenvalue weighted by Crippen LogP contribution is -2.37. The second-order valence-corrected chi connectivity index (χ2v) is 2.94.